The second kappa shape index (κ2) is 8.15. The minimum absolute atomic E-state index is 0.750. The topological polar surface area (TPSA) is 12.0 Å². The molecule has 0 aliphatic heterocycles. The van der Waals surface area contributed by atoms with Crippen molar-refractivity contribution >= 4 is 0 Å². The van der Waals surface area contributed by atoms with Crippen LogP contribution in [0.2, 0.25) is 0 Å². The van der Waals surface area contributed by atoms with E-state index in [1.165, 1.54) is 64.3 Å². The van der Waals surface area contributed by atoms with E-state index in [0.29, 0.717) is 0 Å². The van der Waals surface area contributed by atoms with E-state index in [1.807, 2.05) is 0 Å². The van der Waals surface area contributed by atoms with Crippen LogP contribution in [0.15, 0.2) is 0 Å². The van der Waals surface area contributed by atoms with Crippen molar-refractivity contribution in [2.45, 2.75) is 77.7 Å². The molecule has 1 aliphatic rings. The van der Waals surface area contributed by atoms with Crippen LogP contribution < -0.4 is 5.32 Å². The van der Waals surface area contributed by atoms with E-state index in [4.69, 9.17) is 0 Å². The largest absolute Gasteiger partial charge is 0.314 e. The molecule has 1 fully saturated rings. The van der Waals surface area contributed by atoms with Gasteiger partial charge >= 0.3 is 0 Å². The minimum atomic E-state index is 0.750. The molecule has 1 nitrogen and oxygen atoms in total. The van der Waals surface area contributed by atoms with Gasteiger partial charge < -0.3 is 5.32 Å². The molecule has 0 aromatic rings. The van der Waals surface area contributed by atoms with E-state index in [2.05, 4.69) is 19.2 Å². The summed E-state index contributed by atoms with van der Waals surface area (Å²) in [6.07, 6.45) is 12.9. The van der Waals surface area contributed by atoms with Gasteiger partial charge in [0.25, 0.3) is 0 Å². The van der Waals surface area contributed by atoms with Gasteiger partial charge in [-0.1, -0.05) is 45.4 Å². The van der Waals surface area contributed by atoms with Gasteiger partial charge in [0.2, 0.25) is 0 Å². The summed E-state index contributed by atoms with van der Waals surface area (Å²) in [7, 11) is 0. The monoisotopic (exact) mass is 211 g/mol. The Labute approximate surface area is 96.0 Å². The highest BCUT2D eigenvalue weighted by molar-refractivity contribution is 4.74. The Morgan fingerprint density at radius 1 is 1.07 bits per heavy atom. The van der Waals surface area contributed by atoms with Crippen LogP contribution in [0, 0.1) is 5.92 Å². The average Bonchev–Trinajstić information content (AvgIpc) is 2.52. The Kier molecular flexibility index (Phi) is 7.08. The van der Waals surface area contributed by atoms with Crippen molar-refractivity contribution < 1.29 is 0 Å². The van der Waals surface area contributed by atoms with Gasteiger partial charge in [-0.15, -0.1) is 0 Å². The summed E-state index contributed by atoms with van der Waals surface area (Å²) in [5.74, 6) is 0.953. The Balaban J connectivity index is 2.11. The number of unbranched alkanes of at least 4 members (excludes halogenated alkanes) is 2. The van der Waals surface area contributed by atoms with Crippen LogP contribution >= 0.6 is 0 Å². The van der Waals surface area contributed by atoms with Gasteiger partial charge in [-0.05, 0) is 38.6 Å². The summed E-state index contributed by atoms with van der Waals surface area (Å²) in [5.41, 5.74) is 0. The number of rotatable bonds is 6. The first-order valence-corrected chi connectivity index (χ1v) is 7.08. The first-order chi connectivity index (χ1) is 7.34. The maximum absolute atomic E-state index is 3.71. The molecule has 90 valence electrons. The number of hydrogen-bond donors (Lipinski definition) is 1. The predicted molar refractivity (Wildman–Crippen MR) is 68.2 cm³/mol. The number of nitrogens with one attached hydrogen (secondary N) is 1. The summed E-state index contributed by atoms with van der Waals surface area (Å²) < 4.78 is 0. The summed E-state index contributed by atoms with van der Waals surface area (Å²) in [6.45, 7) is 5.89. The van der Waals surface area contributed by atoms with Crippen LogP contribution in [0.1, 0.15) is 71.6 Å². The fourth-order valence-corrected chi connectivity index (χ4v) is 2.68. The smallest absolute Gasteiger partial charge is 0.00669 e. The Morgan fingerprint density at radius 2 is 1.73 bits per heavy atom. The summed E-state index contributed by atoms with van der Waals surface area (Å²) >= 11 is 0. The predicted octanol–water partition coefficient (Wildman–Crippen LogP) is 4.13. The molecule has 1 aliphatic carbocycles. The third-order valence-electron chi connectivity index (χ3n) is 3.85. The lowest BCUT2D eigenvalue weighted by atomic mass is 9.93. The maximum Gasteiger partial charge on any atom is 0.00669 e. The number of hydrogen-bond acceptors (Lipinski definition) is 1. The fraction of sp³-hybridized carbons (Fsp3) is 1.00. The maximum atomic E-state index is 3.71. The van der Waals surface area contributed by atoms with Crippen molar-refractivity contribution in [3.63, 3.8) is 0 Å². The molecule has 1 saturated carbocycles. The average molecular weight is 211 g/mol. The molecule has 0 bridgehead atoms. The molecule has 1 atom stereocenters. The zero-order valence-corrected chi connectivity index (χ0v) is 10.7. The van der Waals surface area contributed by atoms with Crippen molar-refractivity contribution in [2.75, 3.05) is 6.54 Å². The van der Waals surface area contributed by atoms with Gasteiger partial charge in [0.05, 0.1) is 0 Å². The lowest BCUT2D eigenvalue weighted by Crippen LogP contribution is -2.34. The van der Waals surface area contributed by atoms with E-state index < -0.39 is 0 Å². The van der Waals surface area contributed by atoms with Gasteiger partial charge in [0, 0.05) is 6.04 Å². The molecule has 0 spiro atoms. The van der Waals surface area contributed by atoms with Crippen molar-refractivity contribution in [1.82, 2.24) is 5.32 Å². The van der Waals surface area contributed by atoms with Gasteiger partial charge in [-0.25, -0.2) is 0 Å². The lowest BCUT2D eigenvalue weighted by Gasteiger charge is -2.23. The normalized spacial score (nSPS) is 21.2. The zero-order valence-electron chi connectivity index (χ0n) is 10.7. The highest BCUT2D eigenvalue weighted by Crippen LogP contribution is 2.25. The second-order valence-electron chi connectivity index (χ2n) is 5.20. The SMILES string of the molecule is CCCCCN[C@H](C)C1CCCCCC1. The van der Waals surface area contributed by atoms with E-state index in [9.17, 15) is 0 Å². The second-order valence-corrected chi connectivity index (χ2v) is 5.20. The molecular weight excluding hydrogens is 182 g/mol. The van der Waals surface area contributed by atoms with Crippen LogP contribution in [0.4, 0.5) is 0 Å². The molecule has 1 N–H and O–H groups in total. The third-order valence-corrected chi connectivity index (χ3v) is 3.85. The molecule has 0 aromatic heterocycles. The lowest BCUT2D eigenvalue weighted by molar-refractivity contribution is 0.336. The van der Waals surface area contributed by atoms with E-state index in [1.54, 1.807) is 0 Å². The molecular formula is C14H29N. The van der Waals surface area contributed by atoms with Gasteiger partial charge in [0.1, 0.15) is 0 Å². The molecule has 1 heteroatoms. The van der Waals surface area contributed by atoms with E-state index >= 15 is 0 Å². The molecule has 0 radical (unpaired) electrons. The van der Waals surface area contributed by atoms with Gasteiger partial charge in [0.15, 0.2) is 0 Å². The van der Waals surface area contributed by atoms with E-state index in [-0.39, 0.29) is 0 Å². The summed E-state index contributed by atoms with van der Waals surface area (Å²) in [6, 6.07) is 0.750. The highest BCUT2D eigenvalue weighted by atomic mass is 14.9. The molecule has 0 heterocycles. The Morgan fingerprint density at radius 3 is 2.33 bits per heavy atom. The van der Waals surface area contributed by atoms with Crippen molar-refractivity contribution in [2.24, 2.45) is 5.92 Å². The molecule has 0 aromatic carbocycles. The summed E-state index contributed by atoms with van der Waals surface area (Å²) in [4.78, 5) is 0. The Bertz CT molecular complexity index is 136. The quantitative estimate of drug-likeness (QED) is 0.514. The van der Waals surface area contributed by atoms with Crippen LogP contribution in [-0.4, -0.2) is 12.6 Å². The molecule has 0 amide bonds. The first kappa shape index (κ1) is 13.0. The minimum Gasteiger partial charge on any atom is -0.314 e. The van der Waals surface area contributed by atoms with Crippen molar-refractivity contribution in [3.05, 3.63) is 0 Å². The first-order valence-electron chi connectivity index (χ1n) is 7.08. The summed E-state index contributed by atoms with van der Waals surface area (Å²) in [5, 5.41) is 3.71. The van der Waals surface area contributed by atoms with Crippen LogP contribution in [0.5, 0.6) is 0 Å². The van der Waals surface area contributed by atoms with E-state index in [0.717, 1.165) is 12.0 Å². The van der Waals surface area contributed by atoms with Crippen molar-refractivity contribution in [1.29, 1.82) is 0 Å². The fourth-order valence-electron chi connectivity index (χ4n) is 2.68. The van der Waals surface area contributed by atoms with Crippen molar-refractivity contribution in [3.8, 4) is 0 Å². The van der Waals surface area contributed by atoms with Crippen LogP contribution in [0.3, 0.4) is 0 Å². The Hall–Kier alpha value is -0.0400. The highest BCUT2D eigenvalue weighted by Gasteiger charge is 2.17. The molecule has 0 saturated heterocycles. The van der Waals surface area contributed by atoms with Gasteiger partial charge in [-0.3, -0.25) is 0 Å². The van der Waals surface area contributed by atoms with Gasteiger partial charge in [-0.2, -0.15) is 0 Å². The molecule has 15 heavy (non-hydrogen) atoms. The van der Waals surface area contributed by atoms with Crippen LogP contribution in [0.25, 0.3) is 0 Å². The third kappa shape index (κ3) is 5.55. The van der Waals surface area contributed by atoms with Crippen LogP contribution in [-0.2, 0) is 0 Å². The molecule has 0 unspecified atom stereocenters. The standard InChI is InChI=1S/C14H29N/c1-3-4-9-12-15-13(2)14-10-7-5-6-8-11-14/h13-15H,3-12H2,1-2H3/t13-/m1/s1. The zero-order chi connectivity index (χ0) is 10.9. The molecule has 1 rings (SSSR count).